The van der Waals surface area contributed by atoms with E-state index in [9.17, 15) is 18.0 Å². The highest BCUT2D eigenvalue weighted by Crippen LogP contribution is 2.38. The van der Waals surface area contributed by atoms with E-state index in [1.165, 1.54) is 18.3 Å². The van der Waals surface area contributed by atoms with Crippen LogP contribution < -0.4 is 15.8 Å². The summed E-state index contributed by atoms with van der Waals surface area (Å²) in [5.74, 6) is -3.04. The van der Waals surface area contributed by atoms with E-state index in [-0.39, 0.29) is 17.4 Å². The summed E-state index contributed by atoms with van der Waals surface area (Å²) in [6.45, 7) is 0. The number of nitrogens with one attached hydrogen (secondary N) is 2. The number of carbonyl (C=O) groups is 2. The Morgan fingerprint density at radius 3 is 2.23 bits per heavy atom. The normalized spacial score (nSPS) is 15.8. The van der Waals surface area contributed by atoms with Crippen molar-refractivity contribution in [3.05, 3.63) is 95.8 Å². The van der Waals surface area contributed by atoms with Gasteiger partial charge in [0, 0.05) is 42.1 Å². The Morgan fingerprint density at radius 2 is 1.58 bits per heavy atom. The number of hydrogen-bond acceptors (Lipinski definition) is 9. The molecule has 11 nitrogen and oxygen atoms in total. The summed E-state index contributed by atoms with van der Waals surface area (Å²) in [6, 6.07) is 8.82. The second kappa shape index (κ2) is 14.0. The van der Waals surface area contributed by atoms with Crippen molar-refractivity contribution in [1.82, 2.24) is 20.3 Å². The lowest BCUT2D eigenvalue weighted by atomic mass is 9.97. The van der Waals surface area contributed by atoms with E-state index in [1.807, 2.05) is 4.72 Å². The molecule has 2 aromatic heterocycles. The Morgan fingerprint density at radius 1 is 0.875 bits per heavy atom. The number of amides is 1. The molecule has 2 heterocycles. The maximum absolute atomic E-state index is 15.3. The van der Waals surface area contributed by atoms with Gasteiger partial charge >= 0.3 is 5.97 Å². The molecule has 4 N–H and O–H groups in total. The van der Waals surface area contributed by atoms with Crippen LogP contribution in [0.4, 0.5) is 20.2 Å². The number of nitrogens with zero attached hydrogens (tertiary/aromatic N) is 3. The molecule has 0 spiro atoms. The molecule has 0 radical (unpaired) electrons. The fraction of sp³-hybridized carbons (Fsp3) is 0.324. The first-order chi connectivity index (χ1) is 23.1. The van der Waals surface area contributed by atoms with Gasteiger partial charge in [0.1, 0.15) is 29.6 Å². The van der Waals surface area contributed by atoms with Gasteiger partial charge in [-0.05, 0) is 74.4 Å². The molecule has 2 fully saturated rings. The van der Waals surface area contributed by atoms with Gasteiger partial charge in [-0.25, -0.2) is 32.0 Å². The summed E-state index contributed by atoms with van der Waals surface area (Å²) in [6.07, 6.45) is 10.7. The third-order valence-electron chi connectivity index (χ3n) is 8.34. The summed E-state index contributed by atoms with van der Waals surface area (Å²) in [7, 11) is -4.34. The molecule has 2 aliphatic carbocycles. The number of ether oxygens (including phenoxy) is 1. The summed E-state index contributed by atoms with van der Waals surface area (Å²) in [4.78, 5) is 39.0. The third-order valence-corrected chi connectivity index (χ3v) is 9.73. The van der Waals surface area contributed by atoms with Gasteiger partial charge in [-0.1, -0.05) is 18.6 Å². The molecule has 48 heavy (non-hydrogen) atoms. The van der Waals surface area contributed by atoms with Crippen LogP contribution in [0.25, 0.3) is 11.1 Å². The molecular weight excluding hydrogens is 642 g/mol. The van der Waals surface area contributed by atoms with Gasteiger partial charge in [-0.15, -0.1) is 0 Å². The van der Waals surface area contributed by atoms with Gasteiger partial charge < -0.3 is 15.8 Å². The Hall–Kier alpha value is -4.98. The van der Waals surface area contributed by atoms with Crippen LogP contribution in [-0.2, 0) is 26.0 Å². The minimum Gasteiger partial charge on any atom is -0.461 e. The molecular formula is C34H34F2N6O5S. The van der Waals surface area contributed by atoms with Crippen molar-refractivity contribution in [3.63, 3.8) is 0 Å². The molecule has 0 unspecified atom stereocenters. The standard InChI is InChI=1S/C34H34F2N6O5S/c35-28-16-30(42-48(45,46)26-12-8-20(9-13-26)22-17-39-32(40-18-22)21-6-7-21)29(36)15-27(28)33(43)41-31(14-24-11-10-23(37)19-38-24)34(44)47-25-4-2-1-3-5-25/h8-13,15-19,21,25,31,42H,1-7,14,37H2,(H,41,43)/t31-/m0/s1. The van der Waals surface area contributed by atoms with E-state index in [0.717, 1.165) is 37.9 Å². The predicted molar refractivity (Wildman–Crippen MR) is 173 cm³/mol. The highest BCUT2D eigenvalue weighted by atomic mass is 32.2. The molecule has 4 aromatic rings. The van der Waals surface area contributed by atoms with Gasteiger partial charge in [-0.3, -0.25) is 14.5 Å². The van der Waals surface area contributed by atoms with E-state index in [4.69, 9.17) is 10.5 Å². The minimum atomic E-state index is -4.34. The second-order valence-corrected chi connectivity index (χ2v) is 13.7. The molecule has 6 rings (SSSR count). The van der Waals surface area contributed by atoms with Crippen LogP contribution in [0, 0.1) is 11.6 Å². The van der Waals surface area contributed by atoms with Crippen molar-refractivity contribution in [2.24, 2.45) is 0 Å². The van der Waals surface area contributed by atoms with Crippen molar-refractivity contribution in [2.45, 2.75) is 74.3 Å². The average Bonchev–Trinajstić information content (AvgIpc) is 3.93. The number of nitrogens with two attached hydrogens (primary N) is 1. The van der Waals surface area contributed by atoms with Gasteiger partial charge in [0.15, 0.2) is 0 Å². The number of aromatic nitrogens is 3. The summed E-state index contributed by atoms with van der Waals surface area (Å²) in [5.41, 5.74) is 6.48. The van der Waals surface area contributed by atoms with E-state index < -0.39 is 50.8 Å². The van der Waals surface area contributed by atoms with Gasteiger partial charge in [-0.2, -0.15) is 0 Å². The highest BCUT2D eigenvalue weighted by molar-refractivity contribution is 7.92. The number of nitrogen functional groups attached to an aromatic ring is 1. The molecule has 1 atom stereocenters. The summed E-state index contributed by atoms with van der Waals surface area (Å²) >= 11 is 0. The number of benzene rings is 2. The lowest BCUT2D eigenvalue weighted by Crippen LogP contribution is -2.45. The molecule has 0 saturated heterocycles. The van der Waals surface area contributed by atoms with Crippen LogP contribution in [0.15, 0.2) is 72.0 Å². The first kappa shape index (κ1) is 32.9. The first-order valence-electron chi connectivity index (χ1n) is 15.7. The Bertz CT molecular complexity index is 1900. The van der Waals surface area contributed by atoms with Crippen molar-refractivity contribution in [2.75, 3.05) is 10.5 Å². The molecule has 2 aromatic carbocycles. The van der Waals surface area contributed by atoms with Gasteiger partial charge in [0.25, 0.3) is 15.9 Å². The molecule has 250 valence electrons. The lowest BCUT2D eigenvalue weighted by molar-refractivity contribution is -0.152. The third kappa shape index (κ3) is 7.93. The zero-order valence-electron chi connectivity index (χ0n) is 25.9. The summed E-state index contributed by atoms with van der Waals surface area (Å²) < 4.78 is 64.3. The van der Waals surface area contributed by atoms with Gasteiger partial charge in [0.2, 0.25) is 0 Å². The van der Waals surface area contributed by atoms with Crippen molar-refractivity contribution in [1.29, 1.82) is 0 Å². The summed E-state index contributed by atoms with van der Waals surface area (Å²) in [5, 5.41) is 2.44. The zero-order valence-corrected chi connectivity index (χ0v) is 26.7. The minimum absolute atomic E-state index is 0.0862. The van der Waals surface area contributed by atoms with Crippen LogP contribution >= 0.6 is 0 Å². The van der Waals surface area contributed by atoms with Crippen LogP contribution in [-0.4, -0.2) is 47.4 Å². The molecule has 14 heteroatoms. The fourth-order valence-corrected chi connectivity index (χ4v) is 6.55. The number of anilines is 2. The fourth-order valence-electron chi connectivity index (χ4n) is 5.49. The monoisotopic (exact) mass is 676 g/mol. The highest BCUT2D eigenvalue weighted by Gasteiger charge is 2.29. The molecule has 2 saturated carbocycles. The Balaban J connectivity index is 1.15. The van der Waals surface area contributed by atoms with Crippen molar-refractivity contribution in [3.8, 4) is 11.1 Å². The van der Waals surface area contributed by atoms with Crippen molar-refractivity contribution < 1.29 is 31.5 Å². The number of rotatable bonds is 11. The van der Waals surface area contributed by atoms with Gasteiger partial charge in [0.05, 0.1) is 28.0 Å². The Kier molecular flexibility index (Phi) is 9.62. The Labute approximate surface area is 276 Å². The maximum Gasteiger partial charge on any atom is 0.329 e. The SMILES string of the molecule is Nc1ccc(C[C@H](NC(=O)c2cc(F)c(NS(=O)(=O)c3ccc(-c4cnc(C5CC5)nc4)cc3)cc2F)C(=O)OC2CCCCC2)nc1. The largest absolute Gasteiger partial charge is 0.461 e. The van der Waals surface area contributed by atoms with E-state index in [1.54, 1.807) is 36.7 Å². The van der Waals surface area contributed by atoms with E-state index in [0.29, 0.717) is 53.4 Å². The number of esters is 1. The predicted octanol–water partition coefficient (Wildman–Crippen LogP) is 5.29. The topological polar surface area (TPSA) is 166 Å². The molecule has 2 aliphatic rings. The van der Waals surface area contributed by atoms with E-state index >= 15 is 8.78 Å². The number of hydrogen-bond donors (Lipinski definition) is 3. The molecule has 0 bridgehead atoms. The second-order valence-electron chi connectivity index (χ2n) is 12.1. The van der Waals surface area contributed by atoms with Crippen LogP contribution in [0.3, 0.4) is 0 Å². The van der Waals surface area contributed by atoms with Crippen LogP contribution in [0.1, 0.15) is 72.7 Å². The number of pyridine rings is 1. The average molecular weight is 677 g/mol. The smallest absolute Gasteiger partial charge is 0.329 e. The first-order valence-corrected chi connectivity index (χ1v) is 17.2. The van der Waals surface area contributed by atoms with Crippen molar-refractivity contribution >= 4 is 33.3 Å². The van der Waals surface area contributed by atoms with Crippen LogP contribution in [0.2, 0.25) is 0 Å². The number of sulfonamides is 1. The quantitative estimate of drug-likeness (QED) is 0.179. The maximum atomic E-state index is 15.3. The number of halogens is 2. The molecule has 1 amide bonds. The van der Waals surface area contributed by atoms with E-state index in [2.05, 4.69) is 20.3 Å². The van der Waals surface area contributed by atoms with Crippen LogP contribution in [0.5, 0.6) is 0 Å². The lowest BCUT2D eigenvalue weighted by Gasteiger charge is -2.25. The number of carbonyl (C=O) groups excluding carboxylic acids is 2. The zero-order chi connectivity index (χ0) is 33.8. The molecule has 0 aliphatic heterocycles.